The van der Waals surface area contributed by atoms with Crippen molar-refractivity contribution in [1.29, 1.82) is 0 Å². The number of hydrogen-bond donors (Lipinski definition) is 1. The van der Waals surface area contributed by atoms with E-state index >= 15 is 0 Å². The lowest BCUT2D eigenvalue weighted by molar-refractivity contribution is -0.138. The topological polar surface area (TPSA) is 58.6 Å². The molecule has 0 aromatic heterocycles. The zero-order valence-electron chi connectivity index (χ0n) is 16.2. The van der Waals surface area contributed by atoms with Gasteiger partial charge in [-0.05, 0) is 43.4 Å². The van der Waals surface area contributed by atoms with Crippen LogP contribution >= 0.6 is 0 Å². The van der Waals surface area contributed by atoms with Gasteiger partial charge in [0.1, 0.15) is 0 Å². The van der Waals surface area contributed by atoms with Crippen LogP contribution in [0.3, 0.4) is 0 Å². The highest BCUT2D eigenvalue weighted by Crippen LogP contribution is 2.41. The van der Waals surface area contributed by atoms with Crippen molar-refractivity contribution < 1.29 is 14.3 Å². The Balaban J connectivity index is 1.39. The molecule has 1 aromatic carbocycles. The minimum absolute atomic E-state index is 0.0224. The predicted octanol–water partition coefficient (Wildman–Crippen LogP) is 3.90. The number of rotatable bonds is 4. The van der Waals surface area contributed by atoms with E-state index in [0.29, 0.717) is 18.2 Å². The molecule has 1 N–H and O–H groups in total. The molecule has 0 bridgehead atoms. The Bertz CT molecular complexity index is 699. The fourth-order valence-corrected chi connectivity index (χ4v) is 4.87. The molecule has 3 atom stereocenters. The van der Waals surface area contributed by atoms with Crippen LogP contribution in [-0.4, -0.2) is 35.9 Å². The number of nitrogens with zero attached hydrogens (tertiary/aromatic N) is 1. The maximum Gasteiger partial charge on any atom is 0.225 e. The number of carbonyl (C=O) groups is 2. The first-order chi connectivity index (χ1) is 13.1. The summed E-state index contributed by atoms with van der Waals surface area (Å²) in [7, 11) is 0. The Morgan fingerprint density at radius 2 is 2.04 bits per heavy atom. The third kappa shape index (κ3) is 4.03. The van der Waals surface area contributed by atoms with Crippen molar-refractivity contribution in [3.63, 3.8) is 0 Å². The van der Waals surface area contributed by atoms with E-state index in [9.17, 15) is 9.59 Å². The number of ether oxygens (including phenoxy) is 1. The maximum absolute atomic E-state index is 12.8. The molecule has 5 nitrogen and oxygen atoms in total. The van der Waals surface area contributed by atoms with Gasteiger partial charge in [0.15, 0.2) is 0 Å². The molecule has 5 heteroatoms. The van der Waals surface area contributed by atoms with Crippen LogP contribution in [0, 0.1) is 11.8 Å². The summed E-state index contributed by atoms with van der Waals surface area (Å²) < 4.78 is 6.34. The number of anilines is 1. The van der Waals surface area contributed by atoms with Crippen molar-refractivity contribution in [2.75, 3.05) is 18.4 Å². The quantitative estimate of drug-likeness (QED) is 0.874. The summed E-state index contributed by atoms with van der Waals surface area (Å²) in [5, 5.41) is 2.92. The Kier molecular flexibility index (Phi) is 5.48. The van der Waals surface area contributed by atoms with Crippen LogP contribution in [-0.2, 0) is 14.3 Å². The van der Waals surface area contributed by atoms with Gasteiger partial charge in [-0.2, -0.15) is 0 Å². The molecule has 2 heterocycles. The molecule has 0 radical (unpaired) electrons. The predicted molar refractivity (Wildman–Crippen MR) is 104 cm³/mol. The zero-order chi connectivity index (χ0) is 18.8. The summed E-state index contributed by atoms with van der Waals surface area (Å²) >= 11 is 0. The van der Waals surface area contributed by atoms with Gasteiger partial charge in [0.05, 0.1) is 12.2 Å². The molecular weight excluding hydrogens is 340 g/mol. The van der Waals surface area contributed by atoms with E-state index in [1.54, 1.807) is 0 Å². The van der Waals surface area contributed by atoms with Crippen LogP contribution in [0.25, 0.3) is 0 Å². The van der Waals surface area contributed by atoms with Gasteiger partial charge in [-0.3, -0.25) is 9.59 Å². The standard InChI is InChI=1S/C22H30N2O3/c1-2-21(25)23-18-9-5-8-16(12-18)20-13-17-14-24(11-10-19(17)27-20)22(26)15-6-3-4-7-15/h5,8-9,12,15,17,19-20H,2-4,6-7,10-11,13-14H2,1H3,(H,23,25). The fourth-order valence-electron chi connectivity index (χ4n) is 4.87. The van der Waals surface area contributed by atoms with Gasteiger partial charge in [0.2, 0.25) is 11.8 Å². The highest BCUT2D eigenvalue weighted by Gasteiger charge is 2.41. The minimum atomic E-state index is 0.0224. The molecule has 3 aliphatic rings. The first-order valence-electron chi connectivity index (χ1n) is 10.5. The average molecular weight is 370 g/mol. The molecule has 146 valence electrons. The number of carbonyl (C=O) groups excluding carboxylic acids is 2. The highest BCUT2D eigenvalue weighted by atomic mass is 16.5. The SMILES string of the molecule is CCC(=O)Nc1cccc(C2CC3CN(C(=O)C4CCCC4)CCC3O2)c1. The average Bonchev–Trinajstić information content (AvgIpc) is 3.36. The molecule has 3 unspecified atom stereocenters. The fraction of sp³-hybridized carbons (Fsp3) is 0.636. The molecule has 1 aromatic rings. The molecule has 27 heavy (non-hydrogen) atoms. The Labute approximate surface area is 161 Å². The van der Waals surface area contributed by atoms with Crippen LogP contribution in [0.1, 0.15) is 63.5 Å². The van der Waals surface area contributed by atoms with Gasteiger partial charge in [0.25, 0.3) is 0 Å². The number of hydrogen-bond acceptors (Lipinski definition) is 3. The second-order valence-corrected chi connectivity index (χ2v) is 8.24. The molecule has 1 aliphatic carbocycles. The van der Waals surface area contributed by atoms with Gasteiger partial charge in [-0.25, -0.2) is 0 Å². The van der Waals surface area contributed by atoms with Gasteiger partial charge in [-0.15, -0.1) is 0 Å². The maximum atomic E-state index is 12.8. The molecule has 2 saturated heterocycles. The van der Waals surface area contributed by atoms with Gasteiger partial charge < -0.3 is 15.0 Å². The number of piperidine rings is 1. The van der Waals surface area contributed by atoms with E-state index in [0.717, 1.165) is 50.0 Å². The normalized spacial score (nSPS) is 28.2. The summed E-state index contributed by atoms with van der Waals surface area (Å²) in [6.45, 7) is 3.52. The summed E-state index contributed by atoms with van der Waals surface area (Å²) in [5.41, 5.74) is 1.95. The molecule has 3 fully saturated rings. The summed E-state index contributed by atoms with van der Waals surface area (Å²) in [4.78, 5) is 26.5. The summed E-state index contributed by atoms with van der Waals surface area (Å²) in [5.74, 6) is 1.08. The Morgan fingerprint density at radius 3 is 2.81 bits per heavy atom. The first-order valence-corrected chi connectivity index (χ1v) is 10.5. The van der Waals surface area contributed by atoms with Gasteiger partial charge >= 0.3 is 0 Å². The molecule has 1 saturated carbocycles. The van der Waals surface area contributed by atoms with Crippen LogP contribution in [0.15, 0.2) is 24.3 Å². The van der Waals surface area contributed by atoms with Crippen molar-refractivity contribution >= 4 is 17.5 Å². The lowest BCUT2D eigenvalue weighted by Crippen LogP contribution is -2.46. The molecular formula is C22H30N2O3. The monoisotopic (exact) mass is 370 g/mol. The Morgan fingerprint density at radius 1 is 1.22 bits per heavy atom. The van der Waals surface area contributed by atoms with Gasteiger partial charge in [-0.1, -0.05) is 31.9 Å². The lowest BCUT2D eigenvalue weighted by atomic mass is 9.90. The van der Waals surface area contributed by atoms with E-state index in [1.165, 1.54) is 12.8 Å². The summed E-state index contributed by atoms with van der Waals surface area (Å²) in [6, 6.07) is 7.99. The van der Waals surface area contributed by atoms with Crippen LogP contribution in [0.2, 0.25) is 0 Å². The third-order valence-corrected chi connectivity index (χ3v) is 6.40. The van der Waals surface area contributed by atoms with E-state index in [-0.39, 0.29) is 24.0 Å². The molecule has 2 amide bonds. The van der Waals surface area contributed by atoms with Crippen molar-refractivity contribution in [3.05, 3.63) is 29.8 Å². The van der Waals surface area contributed by atoms with E-state index in [4.69, 9.17) is 4.74 Å². The third-order valence-electron chi connectivity index (χ3n) is 6.40. The van der Waals surface area contributed by atoms with Crippen LogP contribution in [0.4, 0.5) is 5.69 Å². The Hall–Kier alpha value is -1.88. The van der Waals surface area contributed by atoms with E-state index in [2.05, 4.69) is 16.3 Å². The molecule has 0 spiro atoms. The second kappa shape index (κ2) is 8.01. The number of amides is 2. The number of likely N-dealkylation sites (tertiary alicyclic amines) is 1. The summed E-state index contributed by atoms with van der Waals surface area (Å²) in [6.07, 6.45) is 7.20. The van der Waals surface area contributed by atoms with Crippen LogP contribution in [0.5, 0.6) is 0 Å². The molecule has 2 aliphatic heterocycles. The number of nitrogens with one attached hydrogen (secondary N) is 1. The van der Waals surface area contributed by atoms with Crippen molar-refractivity contribution in [2.24, 2.45) is 11.8 Å². The van der Waals surface area contributed by atoms with E-state index < -0.39 is 0 Å². The minimum Gasteiger partial charge on any atom is -0.370 e. The van der Waals surface area contributed by atoms with Gasteiger partial charge in [0, 0.05) is 37.0 Å². The van der Waals surface area contributed by atoms with Crippen molar-refractivity contribution in [2.45, 2.75) is 64.1 Å². The first kappa shape index (κ1) is 18.5. The molecule has 4 rings (SSSR count). The van der Waals surface area contributed by atoms with E-state index in [1.807, 2.05) is 25.1 Å². The largest absolute Gasteiger partial charge is 0.370 e. The smallest absolute Gasteiger partial charge is 0.225 e. The highest BCUT2D eigenvalue weighted by molar-refractivity contribution is 5.90. The second-order valence-electron chi connectivity index (χ2n) is 8.24. The van der Waals surface area contributed by atoms with Crippen molar-refractivity contribution in [1.82, 2.24) is 4.90 Å². The zero-order valence-corrected chi connectivity index (χ0v) is 16.2. The lowest BCUT2D eigenvalue weighted by Gasteiger charge is -2.35. The number of benzene rings is 1. The number of fused-ring (bicyclic) bond motifs is 1. The van der Waals surface area contributed by atoms with Crippen molar-refractivity contribution in [3.8, 4) is 0 Å². The van der Waals surface area contributed by atoms with Crippen LogP contribution < -0.4 is 5.32 Å².